The Morgan fingerprint density at radius 2 is 2.00 bits per heavy atom. The molecule has 0 spiro atoms. The number of aliphatic hydroxyl groups is 4. The van der Waals surface area contributed by atoms with E-state index in [1.54, 1.807) is 0 Å². The summed E-state index contributed by atoms with van der Waals surface area (Å²) in [6, 6.07) is -0.961. The Morgan fingerprint density at radius 3 is 2.40 bits per heavy atom. The summed E-state index contributed by atoms with van der Waals surface area (Å²) in [5.74, 6) is -1.32. The van der Waals surface area contributed by atoms with Gasteiger partial charge in [-0.1, -0.05) is 0 Å². The number of hydrogen-bond donors (Lipinski definition) is 6. The second-order valence-electron chi connectivity index (χ2n) is 3.74. The van der Waals surface area contributed by atoms with Crippen LogP contribution in [0.2, 0.25) is 0 Å². The number of carboxylic acid groups (broad SMARTS) is 1. The Balaban J connectivity index is 2.89. The fourth-order valence-electron chi connectivity index (χ4n) is 1.73. The second kappa shape index (κ2) is 4.42. The van der Waals surface area contributed by atoms with E-state index in [0.29, 0.717) is 0 Å². The fourth-order valence-corrected chi connectivity index (χ4v) is 1.73. The van der Waals surface area contributed by atoms with Gasteiger partial charge in [0.1, 0.15) is 5.54 Å². The van der Waals surface area contributed by atoms with Crippen LogP contribution in [0, 0.1) is 0 Å². The maximum absolute atomic E-state index is 10.9. The van der Waals surface area contributed by atoms with Crippen LogP contribution >= 0.6 is 0 Å². The van der Waals surface area contributed by atoms with Crippen molar-refractivity contribution in [3.05, 3.63) is 0 Å². The lowest BCUT2D eigenvalue weighted by Gasteiger charge is -2.42. The van der Waals surface area contributed by atoms with E-state index in [0.717, 1.165) is 0 Å². The third kappa shape index (κ3) is 2.11. The van der Waals surface area contributed by atoms with Crippen molar-refractivity contribution in [1.82, 2.24) is 5.32 Å². The zero-order valence-electron chi connectivity index (χ0n) is 8.00. The molecule has 0 bridgehead atoms. The van der Waals surface area contributed by atoms with E-state index >= 15 is 0 Å². The summed E-state index contributed by atoms with van der Waals surface area (Å²) in [6.45, 7) is -1.24. The number of piperidine rings is 1. The Labute approximate surface area is 86.0 Å². The molecular formula is C8H15NO6. The summed E-state index contributed by atoms with van der Waals surface area (Å²) >= 11 is 0. The number of nitrogens with one attached hydrogen (secondary N) is 1. The van der Waals surface area contributed by atoms with Gasteiger partial charge in [-0.3, -0.25) is 10.1 Å². The molecule has 7 nitrogen and oxygen atoms in total. The number of hydrogen-bond acceptors (Lipinski definition) is 6. The molecule has 1 saturated heterocycles. The summed E-state index contributed by atoms with van der Waals surface area (Å²) in [6.07, 6.45) is -2.84. The van der Waals surface area contributed by atoms with E-state index in [2.05, 4.69) is 5.32 Å². The average molecular weight is 221 g/mol. The van der Waals surface area contributed by atoms with Gasteiger partial charge >= 0.3 is 5.97 Å². The van der Waals surface area contributed by atoms with E-state index < -0.39 is 43.0 Å². The van der Waals surface area contributed by atoms with Crippen LogP contribution in [0.4, 0.5) is 0 Å². The standard InChI is InChI=1S/C8H15NO6/c10-2-4-6(13)5(12)1-8(3-11,9-4)7(14)15/h4-6,9-13H,1-3H2,(H,14,15)/t4-,5+,6-,8-/m0/s1. The Kier molecular flexibility index (Phi) is 3.63. The summed E-state index contributed by atoms with van der Waals surface area (Å²) < 4.78 is 0. The van der Waals surface area contributed by atoms with Crippen molar-refractivity contribution in [1.29, 1.82) is 0 Å². The lowest BCUT2D eigenvalue weighted by Crippen LogP contribution is -2.69. The number of carbonyl (C=O) groups is 1. The van der Waals surface area contributed by atoms with E-state index in [1.807, 2.05) is 0 Å². The first kappa shape index (κ1) is 12.3. The van der Waals surface area contributed by atoms with Crippen molar-refractivity contribution < 1.29 is 30.3 Å². The quantitative estimate of drug-likeness (QED) is 0.297. The van der Waals surface area contributed by atoms with Gasteiger partial charge in [0.15, 0.2) is 0 Å². The van der Waals surface area contributed by atoms with Gasteiger partial charge in [-0.25, -0.2) is 0 Å². The van der Waals surface area contributed by atoms with Gasteiger partial charge in [0.2, 0.25) is 0 Å². The van der Waals surface area contributed by atoms with Crippen molar-refractivity contribution in [2.45, 2.75) is 30.2 Å². The Morgan fingerprint density at radius 1 is 1.40 bits per heavy atom. The highest BCUT2D eigenvalue weighted by atomic mass is 16.4. The van der Waals surface area contributed by atoms with Gasteiger partial charge in [-0.05, 0) is 0 Å². The normalized spacial score (nSPS) is 41.5. The molecule has 0 aromatic rings. The van der Waals surface area contributed by atoms with Gasteiger partial charge in [0.05, 0.1) is 31.5 Å². The molecule has 0 radical (unpaired) electrons. The largest absolute Gasteiger partial charge is 0.480 e. The zero-order chi connectivity index (χ0) is 11.6. The number of aliphatic hydroxyl groups excluding tert-OH is 4. The van der Waals surface area contributed by atoms with Gasteiger partial charge in [0, 0.05) is 6.42 Å². The van der Waals surface area contributed by atoms with Crippen LogP contribution in [0.5, 0.6) is 0 Å². The monoisotopic (exact) mass is 221 g/mol. The van der Waals surface area contributed by atoms with Gasteiger partial charge in [-0.2, -0.15) is 0 Å². The van der Waals surface area contributed by atoms with Crippen molar-refractivity contribution in [2.75, 3.05) is 13.2 Å². The van der Waals surface area contributed by atoms with Crippen LogP contribution in [0.3, 0.4) is 0 Å². The Bertz CT molecular complexity index is 247. The molecule has 0 saturated carbocycles. The topological polar surface area (TPSA) is 130 Å². The SMILES string of the molecule is O=C(O)[C@@]1(CO)C[C@@H](O)[C@@H](O)[C@H](CO)N1. The molecular weight excluding hydrogens is 206 g/mol. The van der Waals surface area contributed by atoms with Crippen LogP contribution in [-0.2, 0) is 4.79 Å². The molecule has 0 aromatic carbocycles. The lowest BCUT2D eigenvalue weighted by atomic mass is 9.83. The van der Waals surface area contributed by atoms with Crippen LogP contribution in [0.1, 0.15) is 6.42 Å². The molecule has 1 fully saturated rings. The first-order chi connectivity index (χ1) is 6.96. The summed E-state index contributed by atoms with van der Waals surface area (Å²) in [7, 11) is 0. The summed E-state index contributed by atoms with van der Waals surface area (Å²) in [5.41, 5.74) is -1.70. The van der Waals surface area contributed by atoms with E-state index in [-0.39, 0.29) is 6.42 Å². The zero-order valence-corrected chi connectivity index (χ0v) is 8.00. The number of rotatable bonds is 3. The number of carboxylic acids is 1. The molecule has 7 heteroatoms. The van der Waals surface area contributed by atoms with Crippen LogP contribution < -0.4 is 5.32 Å². The molecule has 0 aliphatic carbocycles. The smallest absolute Gasteiger partial charge is 0.326 e. The highest BCUT2D eigenvalue weighted by Gasteiger charge is 2.49. The molecule has 0 amide bonds. The first-order valence-corrected chi connectivity index (χ1v) is 4.56. The third-order valence-electron chi connectivity index (χ3n) is 2.70. The first-order valence-electron chi connectivity index (χ1n) is 4.56. The van der Waals surface area contributed by atoms with Gasteiger partial charge < -0.3 is 25.5 Å². The Hall–Kier alpha value is -0.730. The highest BCUT2D eigenvalue weighted by molar-refractivity contribution is 5.79. The van der Waals surface area contributed by atoms with Gasteiger partial charge in [-0.15, -0.1) is 0 Å². The third-order valence-corrected chi connectivity index (χ3v) is 2.70. The van der Waals surface area contributed by atoms with Gasteiger partial charge in [0.25, 0.3) is 0 Å². The molecule has 0 aromatic heterocycles. The van der Waals surface area contributed by atoms with Crippen LogP contribution in [-0.4, -0.2) is 68.5 Å². The lowest BCUT2D eigenvalue weighted by molar-refractivity contribution is -0.157. The fraction of sp³-hybridized carbons (Fsp3) is 0.875. The van der Waals surface area contributed by atoms with Crippen molar-refractivity contribution in [3.8, 4) is 0 Å². The predicted octanol–water partition coefficient (Wildman–Crippen LogP) is -3.12. The minimum absolute atomic E-state index is 0.309. The summed E-state index contributed by atoms with van der Waals surface area (Å²) in [5, 5.41) is 48.1. The minimum Gasteiger partial charge on any atom is -0.480 e. The van der Waals surface area contributed by atoms with E-state index in [4.69, 9.17) is 15.3 Å². The molecule has 1 aliphatic rings. The molecule has 1 heterocycles. The molecule has 1 rings (SSSR count). The van der Waals surface area contributed by atoms with Crippen LogP contribution in [0.25, 0.3) is 0 Å². The molecule has 6 N–H and O–H groups in total. The summed E-state index contributed by atoms with van der Waals surface area (Å²) in [4.78, 5) is 10.9. The predicted molar refractivity (Wildman–Crippen MR) is 48.1 cm³/mol. The maximum atomic E-state index is 10.9. The van der Waals surface area contributed by atoms with Crippen LogP contribution in [0.15, 0.2) is 0 Å². The molecule has 15 heavy (non-hydrogen) atoms. The van der Waals surface area contributed by atoms with Crippen molar-refractivity contribution in [2.24, 2.45) is 0 Å². The molecule has 4 atom stereocenters. The molecule has 88 valence electrons. The van der Waals surface area contributed by atoms with Crippen molar-refractivity contribution >= 4 is 5.97 Å². The highest BCUT2D eigenvalue weighted by Crippen LogP contribution is 2.23. The van der Waals surface area contributed by atoms with E-state index in [9.17, 15) is 15.0 Å². The molecule has 0 unspecified atom stereocenters. The van der Waals surface area contributed by atoms with E-state index in [1.165, 1.54) is 0 Å². The second-order valence-corrected chi connectivity index (χ2v) is 3.74. The number of aliphatic carboxylic acids is 1. The van der Waals surface area contributed by atoms with Crippen molar-refractivity contribution in [3.63, 3.8) is 0 Å². The molecule has 1 aliphatic heterocycles. The maximum Gasteiger partial charge on any atom is 0.326 e. The minimum atomic E-state index is -1.70. The average Bonchev–Trinajstić information content (AvgIpc) is 2.21.